The number of carbonyl (C=O) groups is 1. The lowest BCUT2D eigenvalue weighted by Crippen LogP contribution is -2.35. The Labute approximate surface area is 124 Å². The van der Waals surface area contributed by atoms with Crippen LogP contribution in [0, 0.1) is 0 Å². The fourth-order valence-corrected chi connectivity index (χ4v) is 2.08. The van der Waals surface area contributed by atoms with E-state index in [2.05, 4.69) is 5.32 Å². The Kier molecular flexibility index (Phi) is 5.35. The molecule has 0 saturated heterocycles. The summed E-state index contributed by atoms with van der Waals surface area (Å²) in [5, 5.41) is 2.86. The van der Waals surface area contributed by atoms with Gasteiger partial charge >= 0.3 is 0 Å². The Morgan fingerprint density at radius 2 is 1.95 bits per heavy atom. The predicted octanol–water partition coefficient (Wildman–Crippen LogP) is 2.05. The van der Waals surface area contributed by atoms with Crippen molar-refractivity contribution in [1.82, 2.24) is 5.32 Å². The number of rotatable bonds is 6. The molecule has 4 heteroatoms. The standard InChI is InChI=1S/C17H20N2O2/c1-21-15-9-5-6-13(12-15)10-11-19-17(20)16(18)14-7-3-2-4-8-14/h2-9,12,16H,10-11,18H2,1H3,(H,19,20)/t16-/m0/s1. The molecule has 0 radical (unpaired) electrons. The molecule has 0 saturated carbocycles. The van der Waals surface area contributed by atoms with Gasteiger partial charge in [-0.05, 0) is 29.7 Å². The predicted molar refractivity (Wildman–Crippen MR) is 83.1 cm³/mol. The van der Waals surface area contributed by atoms with Gasteiger partial charge in [-0.1, -0.05) is 42.5 Å². The van der Waals surface area contributed by atoms with Gasteiger partial charge in [-0.15, -0.1) is 0 Å². The maximum Gasteiger partial charge on any atom is 0.241 e. The van der Waals surface area contributed by atoms with E-state index in [0.29, 0.717) is 6.54 Å². The van der Waals surface area contributed by atoms with E-state index >= 15 is 0 Å². The maximum atomic E-state index is 12.0. The summed E-state index contributed by atoms with van der Waals surface area (Å²) in [6, 6.07) is 16.5. The van der Waals surface area contributed by atoms with Crippen LogP contribution in [0.15, 0.2) is 54.6 Å². The Bertz CT molecular complexity index is 584. The molecular weight excluding hydrogens is 264 g/mol. The highest BCUT2D eigenvalue weighted by Gasteiger charge is 2.14. The third-order valence-corrected chi connectivity index (χ3v) is 3.29. The molecular formula is C17H20N2O2. The molecule has 21 heavy (non-hydrogen) atoms. The minimum Gasteiger partial charge on any atom is -0.497 e. The molecule has 0 bridgehead atoms. The Balaban J connectivity index is 1.84. The molecule has 0 heterocycles. The average molecular weight is 284 g/mol. The second-order valence-electron chi connectivity index (χ2n) is 4.78. The zero-order valence-corrected chi connectivity index (χ0v) is 12.1. The molecule has 4 nitrogen and oxygen atoms in total. The number of nitrogens with one attached hydrogen (secondary N) is 1. The van der Waals surface area contributed by atoms with Crippen molar-refractivity contribution >= 4 is 5.91 Å². The van der Waals surface area contributed by atoms with Crippen molar-refractivity contribution in [1.29, 1.82) is 0 Å². The van der Waals surface area contributed by atoms with Gasteiger partial charge in [-0.25, -0.2) is 0 Å². The van der Waals surface area contributed by atoms with Gasteiger partial charge in [0.2, 0.25) is 5.91 Å². The van der Waals surface area contributed by atoms with Gasteiger partial charge in [0, 0.05) is 6.54 Å². The number of ether oxygens (including phenoxy) is 1. The molecule has 0 aliphatic rings. The summed E-state index contributed by atoms with van der Waals surface area (Å²) in [4.78, 5) is 12.0. The second kappa shape index (κ2) is 7.45. The van der Waals surface area contributed by atoms with Crippen LogP contribution in [0.25, 0.3) is 0 Å². The van der Waals surface area contributed by atoms with Crippen LogP contribution in [0.2, 0.25) is 0 Å². The molecule has 2 aromatic rings. The molecule has 0 spiro atoms. The summed E-state index contributed by atoms with van der Waals surface area (Å²) >= 11 is 0. The smallest absolute Gasteiger partial charge is 0.241 e. The monoisotopic (exact) mass is 284 g/mol. The molecule has 0 aliphatic heterocycles. The number of methoxy groups -OCH3 is 1. The molecule has 0 aromatic heterocycles. The van der Waals surface area contributed by atoms with Gasteiger partial charge in [-0.3, -0.25) is 4.79 Å². The molecule has 1 atom stereocenters. The summed E-state index contributed by atoms with van der Waals surface area (Å²) in [6.07, 6.45) is 0.741. The number of amides is 1. The average Bonchev–Trinajstić information content (AvgIpc) is 2.55. The summed E-state index contributed by atoms with van der Waals surface area (Å²) in [7, 11) is 1.64. The summed E-state index contributed by atoms with van der Waals surface area (Å²) in [5.41, 5.74) is 7.86. The zero-order chi connectivity index (χ0) is 15.1. The fourth-order valence-electron chi connectivity index (χ4n) is 2.08. The van der Waals surface area contributed by atoms with Crippen molar-refractivity contribution in [2.75, 3.05) is 13.7 Å². The SMILES string of the molecule is COc1cccc(CCNC(=O)[C@@H](N)c2ccccc2)c1. The molecule has 2 aromatic carbocycles. The highest BCUT2D eigenvalue weighted by atomic mass is 16.5. The quantitative estimate of drug-likeness (QED) is 0.853. The van der Waals surface area contributed by atoms with Gasteiger partial charge in [0.05, 0.1) is 7.11 Å². The van der Waals surface area contributed by atoms with Gasteiger partial charge in [0.1, 0.15) is 11.8 Å². The maximum absolute atomic E-state index is 12.0. The Hall–Kier alpha value is -2.33. The lowest BCUT2D eigenvalue weighted by molar-refractivity contribution is -0.122. The van der Waals surface area contributed by atoms with Crippen molar-refractivity contribution in [3.05, 3.63) is 65.7 Å². The summed E-state index contributed by atoms with van der Waals surface area (Å²) in [6.45, 7) is 0.548. The topological polar surface area (TPSA) is 64.3 Å². The first-order valence-electron chi connectivity index (χ1n) is 6.92. The number of carbonyl (C=O) groups excluding carboxylic acids is 1. The molecule has 0 unspecified atom stereocenters. The number of nitrogens with two attached hydrogens (primary N) is 1. The first-order valence-corrected chi connectivity index (χ1v) is 6.92. The number of hydrogen-bond donors (Lipinski definition) is 2. The highest BCUT2D eigenvalue weighted by Crippen LogP contribution is 2.13. The Morgan fingerprint density at radius 3 is 2.67 bits per heavy atom. The molecule has 1 amide bonds. The largest absolute Gasteiger partial charge is 0.497 e. The molecule has 0 aliphatic carbocycles. The second-order valence-corrected chi connectivity index (χ2v) is 4.78. The normalized spacial score (nSPS) is 11.7. The van der Waals surface area contributed by atoms with Crippen LogP contribution >= 0.6 is 0 Å². The number of hydrogen-bond acceptors (Lipinski definition) is 3. The van der Waals surface area contributed by atoms with Crippen LogP contribution in [0.3, 0.4) is 0 Å². The lowest BCUT2D eigenvalue weighted by atomic mass is 10.1. The number of benzene rings is 2. The van der Waals surface area contributed by atoms with Crippen molar-refractivity contribution in [2.24, 2.45) is 5.73 Å². The Morgan fingerprint density at radius 1 is 1.19 bits per heavy atom. The van der Waals surface area contributed by atoms with Crippen LogP contribution in [0.1, 0.15) is 17.2 Å². The van der Waals surface area contributed by atoms with Crippen molar-refractivity contribution in [3.63, 3.8) is 0 Å². The van der Waals surface area contributed by atoms with E-state index in [4.69, 9.17) is 10.5 Å². The van der Waals surface area contributed by atoms with Crippen molar-refractivity contribution < 1.29 is 9.53 Å². The van der Waals surface area contributed by atoms with E-state index in [1.165, 1.54) is 0 Å². The molecule has 110 valence electrons. The first kappa shape index (κ1) is 15.1. The minimum absolute atomic E-state index is 0.163. The van der Waals surface area contributed by atoms with E-state index in [1.807, 2.05) is 54.6 Å². The van der Waals surface area contributed by atoms with Gasteiger partial charge in [-0.2, -0.15) is 0 Å². The van der Waals surface area contributed by atoms with Crippen LogP contribution in [0.5, 0.6) is 5.75 Å². The van der Waals surface area contributed by atoms with Gasteiger partial charge < -0.3 is 15.8 Å². The fraction of sp³-hybridized carbons (Fsp3) is 0.235. The summed E-state index contributed by atoms with van der Waals surface area (Å²) < 4.78 is 5.17. The lowest BCUT2D eigenvalue weighted by Gasteiger charge is -2.12. The molecule has 2 rings (SSSR count). The zero-order valence-electron chi connectivity index (χ0n) is 12.1. The summed E-state index contributed by atoms with van der Waals surface area (Å²) in [5.74, 6) is 0.656. The van der Waals surface area contributed by atoms with Crippen LogP contribution in [-0.4, -0.2) is 19.6 Å². The van der Waals surface area contributed by atoms with Crippen molar-refractivity contribution in [3.8, 4) is 5.75 Å². The highest BCUT2D eigenvalue weighted by molar-refractivity contribution is 5.82. The van der Waals surface area contributed by atoms with E-state index in [9.17, 15) is 4.79 Å². The van der Waals surface area contributed by atoms with Gasteiger partial charge in [0.15, 0.2) is 0 Å². The van der Waals surface area contributed by atoms with Crippen molar-refractivity contribution in [2.45, 2.75) is 12.5 Å². The van der Waals surface area contributed by atoms with E-state index in [0.717, 1.165) is 23.3 Å². The van der Waals surface area contributed by atoms with Gasteiger partial charge in [0.25, 0.3) is 0 Å². The molecule has 3 N–H and O–H groups in total. The van der Waals surface area contributed by atoms with E-state index < -0.39 is 6.04 Å². The third-order valence-electron chi connectivity index (χ3n) is 3.29. The van der Waals surface area contributed by atoms with Crippen LogP contribution < -0.4 is 15.8 Å². The van der Waals surface area contributed by atoms with Crippen LogP contribution in [0.4, 0.5) is 0 Å². The third kappa shape index (κ3) is 4.33. The van der Waals surface area contributed by atoms with E-state index in [-0.39, 0.29) is 5.91 Å². The minimum atomic E-state index is -0.628. The van der Waals surface area contributed by atoms with E-state index in [1.54, 1.807) is 7.11 Å². The first-order chi connectivity index (χ1) is 10.2. The van der Waals surface area contributed by atoms with Crippen LogP contribution in [-0.2, 0) is 11.2 Å². The molecule has 0 fully saturated rings.